The maximum absolute atomic E-state index is 14.8. The number of nitrogens with zero attached hydrogens (tertiary/aromatic N) is 2. The van der Waals surface area contributed by atoms with Gasteiger partial charge in [-0.2, -0.15) is 4.98 Å². The maximum Gasteiger partial charge on any atom is 0.351 e. The third kappa shape index (κ3) is 16.2. The molecular formula is C37H50F2N5O5P. The van der Waals surface area contributed by atoms with Crippen LogP contribution in [0.25, 0.3) is 0 Å². The van der Waals surface area contributed by atoms with Crippen LogP contribution >= 0.6 is 8.53 Å². The van der Waals surface area contributed by atoms with Crippen molar-refractivity contribution >= 4 is 20.3 Å². The lowest BCUT2D eigenvalue weighted by Gasteiger charge is -2.21. The molecular weight excluding hydrogens is 663 g/mol. The van der Waals surface area contributed by atoms with Gasteiger partial charge in [-0.3, -0.25) is 9.36 Å². The van der Waals surface area contributed by atoms with Gasteiger partial charge in [0.15, 0.2) is 0 Å². The van der Waals surface area contributed by atoms with Crippen molar-refractivity contribution in [3.63, 3.8) is 0 Å². The first-order valence-electron chi connectivity index (χ1n) is 17.1. The molecule has 10 nitrogen and oxygen atoms in total. The first kappa shape index (κ1) is 40.5. The predicted octanol–water partition coefficient (Wildman–Crippen LogP) is 7.70. The van der Waals surface area contributed by atoms with Crippen molar-refractivity contribution in [2.24, 2.45) is 0 Å². The summed E-state index contributed by atoms with van der Waals surface area (Å²) in [5.41, 5.74) is 4.56. The summed E-state index contributed by atoms with van der Waals surface area (Å²) >= 11 is 0. The van der Waals surface area contributed by atoms with Gasteiger partial charge in [-0.1, -0.05) is 85.9 Å². The van der Waals surface area contributed by atoms with Crippen molar-refractivity contribution in [3.8, 4) is 5.75 Å². The standard InChI is InChI=1S/C37H50F2N5O5P/c1-2-3-4-5-6-7-8-9-10-11-12-13-14-15-16-17-21-24-34(45)41-26-27-42-50(49-31-22-19-18-20-23-31)47-30-32-29-37(38,39)35(48-32)44-28-25-33(40)43-36(44)46/h3-4,6-7,9-10,12-13,15-16,18-20,22-23,25,28,32,35,42H,2,5,8,11,14,17,21,24,26-27,29-30H2,1H3,(H,41,45)(H2,40,43,46)/b4-3-,7-6-,10-9-,13-12-,16-15-. The fourth-order valence-electron chi connectivity index (χ4n) is 4.72. The number of ether oxygens (including phenoxy) is 1. The number of benzene rings is 1. The van der Waals surface area contributed by atoms with Gasteiger partial charge in [-0.15, -0.1) is 0 Å². The van der Waals surface area contributed by atoms with Crippen LogP contribution in [0.3, 0.4) is 0 Å². The van der Waals surface area contributed by atoms with Crippen LogP contribution in [0.1, 0.15) is 70.9 Å². The van der Waals surface area contributed by atoms with Crippen molar-refractivity contribution in [1.82, 2.24) is 20.0 Å². The summed E-state index contributed by atoms with van der Waals surface area (Å²) in [6.45, 7) is 2.58. The van der Waals surface area contributed by atoms with Crippen LogP contribution in [-0.2, 0) is 14.1 Å². The SMILES string of the molecule is CC/C=C\C/C=C\C/C=C\C/C=C\C/C=C\CCCC(=O)NCCNP(OCC1CC(F)(F)C(n2ccc(N)nc2=O)O1)Oc1ccccc1. The minimum atomic E-state index is -3.33. The van der Waals surface area contributed by atoms with Crippen molar-refractivity contribution in [2.75, 3.05) is 25.4 Å². The Morgan fingerprint density at radius 1 is 1.00 bits per heavy atom. The molecule has 1 aromatic carbocycles. The summed E-state index contributed by atoms with van der Waals surface area (Å²) in [5.74, 6) is -2.93. The topological polar surface area (TPSA) is 130 Å². The van der Waals surface area contributed by atoms with Crippen molar-refractivity contribution in [1.29, 1.82) is 0 Å². The average molecular weight is 714 g/mol. The van der Waals surface area contributed by atoms with E-state index in [4.69, 9.17) is 19.5 Å². The van der Waals surface area contributed by atoms with E-state index in [0.717, 1.165) is 55.7 Å². The Bertz CT molecular complexity index is 1480. The number of halogens is 2. The first-order valence-corrected chi connectivity index (χ1v) is 18.3. The van der Waals surface area contributed by atoms with E-state index in [0.29, 0.717) is 25.3 Å². The molecule has 272 valence electrons. The largest absolute Gasteiger partial charge is 0.436 e. The number of nitrogens with one attached hydrogen (secondary N) is 2. The zero-order chi connectivity index (χ0) is 35.9. The molecule has 0 bridgehead atoms. The highest BCUT2D eigenvalue weighted by Crippen LogP contribution is 2.43. The van der Waals surface area contributed by atoms with Gasteiger partial charge in [0, 0.05) is 32.1 Å². The number of alkyl halides is 2. The van der Waals surface area contributed by atoms with E-state index < -0.39 is 38.9 Å². The molecule has 1 aromatic heterocycles. The Kier molecular flexibility index (Phi) is 19.0. The lowest BCUT2D eigenvalue weighted by molar-refractivity contribution is -0.121. The van der Waals surface area contributed by atoms with Gasteiger partial charge in [0.2, 0.25) is 12.1 Å². The van der Waals surface area contributed by atoms with Crippen LogP contribution < -0.4 is 26.4 Å². The third-order valence-electron chi connectivity index (χ3n) is 7.22. The lowest BCUT2D eigenvalue weighted by atomic mass is 10.2. The van der Waals surface area contributed by atoms with Crippen LogP contribution in [0.5, 0.6) is 5.75 Å². The Hall–Kier alpha value is -3.96. The smallest absolute Gasteiger partial charge is 0.351 e. The number of amides is 1. The van der Waals surface area contributed by atoms with E-state index >= 15 is 0 Å². The number of aromatic nitrogens is 2. The zero-order valence-corrected chi connectivity index (χ0v) is 29.6. The van der Waals surface area contributed by atoms with E-state index in [9.17, 15) is 18.4 Å². The fourth-order valence-corrected chi connectivity index (χ4v) is 5.84. The summed E-state index contributed by atoms with van der Waals surface area (Å²) in [5, 5.41) is 5.98. The molecule has 1 saturated heterocycles. The number of rotatable bonds is 23. The quantitative estimate of drug-likeness (QED) is 0.0607. The summed E-state index contributed by atoms with van der Waals surface area (Å²) in [6.07, 6.45) is 26.0. The molecule has 1 amide bonds. The van der Waals surface area contributed by atoms with E-state index in [2.05, 4.69) is 83.1 Å². The second-order valence-electron chi connectivity index (χ2n) is 11.4. The fraction of sp³-hybridized carbons (Fsp3) is 0.432. The Morgan fingerprint density at radius 3 is 2.28 bits per heavy atom. The number of carbonyl (C=O) groups is 1. The molecule has 0 radical (unpaired) electrons. The zero-order valence-electron chi connectivity index (χ0n) is 28.7. The van der Waals surface area contributed by atoms with E-state index in [-0.39, 0.29) is 18.3 Å². The highest BCUT2D eigenvalue weighted by Gasteiger charge is 2.52. The molecule has 2 heterocycles. The summed E-state index contributed by atoms with van der Waals surface area (Å²) in [6, 6.07) is 10.2. The minimum Gasteiger partial charge on any atom is -0.436 e. The van der Waals surface area contributed by atoms with Gasteiger partial charge in [0.25, 0.3) is 5.92 Å². The van der Waals surface area contributed by atoms with E-state index in [1.54, 1.807) is 24.3 Å². The summed E-state index contributed by atoms with van der Waals surface area (Å²) in [4.78, 5) is 28.0. The van der Waals surface area contributed by atoms with Gasteiger partial charge in [0.1, 0.15) is 11.6 Å². The van der Waals surface area contributed by atoms with Crippen LogP contribution in [0, 0.1) is 0 Å². The van der Waals surface area contributed by atoms with Crippen molar-refractivity contribution < 1.29 is 27.4 Å². The normalized spacial score (nSPS) is 18.3. The van der Waals surface area contributed by atoms with Crippen LogP contribution in [0.4, 0.5) is 14.6 Å². The van der Waals surface area contributed by atoms with Crippen LogP contribution in [0.15, 0.2) is 108 Å². The highest BCUT2D eigenvalue weighted by atomic mass is 31.2. The van der Waals surface area contributed by atoms with Gasteiger partial charge >= 0.3 is 14.2 Å². The lowest BCUT2D eigenvalue weighted by Crippen LogP contribution is -2.35. The van der Waals surface area contributed by atoms with E-state index in [1.807, 2.05) is 6.07 Å². The number of unbranched alkanes of at least 4 members (excludes halogenated alkanes) is 1. The van der Waals surface area contributed by atoms with E-state index in [1.165, 1.54) is 6.07 Å². The second-order valence-corrected chi connectivity index (χ2v) is 12.7. The molecule has 4 N–H and O–H groups in total. The van der Waals surface area contributed by atoms with Crippen molar-refractivity contribution in [3.05, 3.63) is 114 Å². The molecule has 2 aromatic rings. The Labute approximate surface area is 295 Å². The molecule has 0 spiro atoms. The summed E-state index contributed by atoms with van der Waals surface area (Å²) < 4.78 is 47.6. The van der Waals surface area contributed by atoms with Gasteiger partial charge in [-0.05, 0) is 63.1 Å². The molecule has 0 aliphatic carbocycles. The van der Waals surface area contributed by atoms with Gasteiger partial charge in [-0.25, -0.2) is 18.7 Å². The molecule has 1 fully saturated rings. The second kappa shape index (κ2) is 23.4. The Balaban J connectivity index is 1.31. The molecule has 0 saturated carbocycles. The van der Waals surface area contributed by atoms with Gasteiger partial charge < -0.3 is 24.8 Å². The molecule has 3 unspecified atom stereocenters. The maximum atomic E-state index is 14.8. The summed E-state index contributed by atoms with van der Waals surface area (Å²) in [7, 11) is -1.77. The average Bonchev–Trinajstić information content (AvgIpc) is 3.40. The van der Waals surface area contributed by atoms with Crippen molar-refractivity contribution in [2.45, 2.75) is 83.0 Å². The number of hydrogen-bond acceptors (Lipinski definition) is 8. The monoisotopic (exact) mass is 713 g/mol. The molecule has 1 aliphatic rings. The molecule has 3 rings (SSSR count). The molecule has 50 heavy (non-hydrogen) atoms. The number of carbonyl (C=O) groups excluding carboxylic acids is 1. The minimum absolute atomic E-state index is 0.0617. The first-order chi connectivity index (χ1) is 24.3. The molecule has 13 heteroatoms. The van der Waals surface area contributed by atoms with Gasteiger partial charge in [0.05, 0.1) is 12.7 Å². The number of hydrogen-bond donors (Lipinski definition) is 3. The molecule has 1 aliphatic heterocycles. The van der Waals surface area contributed by atoms with Crippen LogP contribution in [0.2, 0.25) is 0 Å². The molecule has 3 atom stereocenters. The number of nitrogen functional groups attached to an aromatic ring is 1. The highest BCUT2D eigenvalue weighted by molar-refractivity contribution is 7.45. The number of nitrogens with two attached hydrogens (primary N) is 1. The number of para-hydroxylation sites is 1. The van der Waals surface area contributed by atoms with Crippen LogP contribution in [-0.4, -0.2) is 47.2 Å². The number of anilines is 1. The third-order valence-corrected chi connectivity index (χ3v) is 8.46. The number of allylic oxidation sites excluding steroid dienone is 10. The Morgan fingerprint density at radius 2 is 1.64 bits per heavy atom. The predicted molar refractivity (Wildman–Crippen MR) is 196 cm³/mol.